The van der Waals surface area contributed by atoms with Gasteiger partial charge in [0.2, 0.25) is 6.10 Å². The Hall–Kier alpha value is -1.36. The first-order valence-corrected chi connectivity index (χ1v) is 7.18. The number of hydrogen-bond acceptors (Lipinski definition) is 3. The van der Waals surface area contributed by atoms with E-state index in [1.54, 1.807) is 0 Å². The number of carbonyl (C=O) groups is 1. The normalized spacial score (nSPS) is 19.5. The summed E-state index contributed by atoms with van der Waals surface area (Å²) < 4.78 is 0.986. The lowest BCUT2D eigenvalue weighted by molar-refractivity contribution is -0.131. The molecular formula is C14H17BrN2O2. The van der Waals surface area contributed by atoms with Gasteiger partial charge in [0.15, 0.2) is 0 Å². The molecule has 0 saturated heterocycles. The van der Waals surface area contributed by atoms with Crippen LogP contribution in [0.25, 0.3) is 0 Å². The van der Waals surface area contributed by atoms with E-state index in [0.29, 0.717) is 6.42 Å². The number of hydrogen-bond donors (Lipinski definition) is 1. The molecule has 1 aliphatic rings. The molecule has 102 valence electrons. The van der Waals surface area contributed by atoms with E-state index in [2.05, 4.69) is 26.4 Å². The van der Waals surface area contributed by atoms with E-state index in [-0.39, 0.29) is 11.9 Å². The third kappa shape index (κ3) is 3.56. The van der Waals surface area contributed by atoms with E-state index in [1.165, 1.54) is 0 Å². The monoisotopic (exact) mass is 324 g/mol. The second-order valence-electron chi connectivity index (χ2n) is 4.66. The lowest BCUT2D eigenvalue weighted by Crippen LogP contribution is -2.39. The molecule has 1 heterocycles. The fourth-order valence-corrected chi connectivity index (χ4v) is 2.19. The Morgan fingerprint density at radius 2 is 2.42 bits per heavy atom. The van der Waals surface area contributed by atoms with Gasteiger partial charge in [-0.2, -0.15) is 0 Å². The highest BCUT2D eigenvalue weighted by atomic mass is 79.9. The molecule has 1 amide bonds. The highest BCUT2D eigenvalue weighted by Crippen LogP contribution is 2.19. The molecule has 0 aliphatic carbocycles. The number of rotatable bonds is 4. The third-order valence-electron chi connectivity index (χ3n) is 3.12. The second kappa shape index (κ2) is 6.19. The summed E-state index contributed by atoms with van der Waals surface area (Å²) in [5.41, 5.74) is 1.79. The molecule has 0 unspecified atom stereocenters. The van der Waals surface area contributed by atoms with Crippen molar-refractivity contribution in [3.05, 3.63) is 34.3 Å². The molecule has 4 nitrogen and oxygen atoms in total. The molecule has 2 atom stereocenters. The molecule has 2 rings (SSSR count). The molecule has 0 radical (unpaired) electrons. The van der Waals surface area contributed by atoms with Crippen LogP contribution in [-0.4, -0.2) is 23.8 Å². The molecule has 0 fully saturated rings. The minimum Gasteiger partial charge on any atom is -0.382 e. The average Bonchev–Trinajstić information content (AvgIpc) is 2.88. The topological polar surface area (TPSA) is 50.7 Å². The first-order valence-electron chi connectivity index (χ1n) is 6.39. The van der Waals surface area contributed by atoms with Crippen LogP contribution < -0.4 is 5.32 Å². The standard InChI is InChI=1S/C14H17BrN2O2/c1-3-9(2)16-14(18)13-8-12(17-19-13)10-5-4-6-11(15)7-10/h4-7,9,13H,3,8H2,1-2H3,(H,16,18)/t9-,13-/m0/s1. The number of benzene rings is 1. The van der Waals surface area contributed by atoms with Crippen LogP contribution in [0.3, 0.4) is 0 Å². The Balaban J connectivity index is 1.97. The maximum absolute atomic E-state index is 11.9. The van der Waals surface area contributed by atoms with Crippen molar-refractivity contribution in [1.82, 2.24) is 5.32 Å². The molecular weight excluding hydrogens is 308 g/mol. The lowest BCUT2D eigenvalue weighted by atomic mass is 10.0. The molecule has 0 spiro atoms. The largest absolute Gasteiger partial charge is 0.382 e. The van der Waals surface area contributed by atoms with Gasteiger partial charge in [0.1, 0.15) is 0 Å². The van der Waals surface area contributed by atoms with Crippen molar-refractivity contribution >= 4 is 27.5 Å². The van der Waals surface area contributed by atoms with Crippen LogP contribution in [0, 0.1) is 0 Å². The van der Waals surface area contributed by atoms with Crippen LogP contribution in [0.2, 0.25) is 0 Å². The first kappa shape index (κ1) is 14.1. The molecule has 0 aromatic heterocycles. The van der Waals surface area contributed by atoms with Crippen molar-refractivity contribution in [2.24, 2.45) is 5.16 Å². The van der Waals surface area contributed by atoms with Gasteiger partial charge in [-0.25, -0.2) is 0 Å². The van der Waals surface area contributed by atoms with Crippen molar-refractivity contribution in [3.8, 4) is 0 Å². The van der Waals surface area contributed by atoms with Gasteiger partial charge < -0.3 is 10.2 Å². The van der Waals surface area contributed by atoms with Gasteiger partial charge in [-0.05, 0) is 25.5 Å². The Morgan fingerprint density at radius 1 is 1.63 bits per heavy atom. The Kier molecular flexibility index (Phi) is 4.58. The van der Waals surface area contributed by atoms with E-state index in [9.17, 15) is 4.79 Å². The van der Waals surface area contributed by atoms with Crippen LogP contribution >= 0.6 is 15.9 Å². The number of carbonyl (C=O) groups excluding carboxylic acids is 1. The molecule has 19 heavy (non-hydrogen) atoms. The maximum atomic E-state index is 11.9. The van der Waals surface area contributed by atoms with Crippen molar-refractivity contribution in [3.63, 3.8) is 0 Å². The van der Waals surface area contributed by atoms with Crippen LogP contribution in [0.1, 0.15) is 32.3 Å². The Labute approximate surface area is 121 Å². The number of nitrogens with one attached hydrogen (secondary N) is 1. The number of halogens is 1. The van der Waals surface area contributed by atoms with Crippen molar-refractivity contribution in [1.29, 1.82) is 0 Å². The van der Waals surface area contributed by atoms with Gasteiger partial charge >= 0.3 is 0 Å². The van der Waals surface area contributed by atoms with Crippen molar-refractivity contribution in [2.75, 3.05) is 0 Å². The second-order valence-corrected chi connectivity index (χ2v) is 5.58. The summed E-state index contributed by atoms with van der Waals surface area (Å²) >= 11 is 3.42. The molecule has 0 saturated carbocycles. The van der Waals surface area contributed by atoms with Crippen LogP contribution in [0.5, 0.6) is 0 Å². The summed E-state index contributed by atoms with van der Waals surface area (Å²) in [5.74, 6) is -0.0944. The SMILES string of the molecule is CC[C@H](C)NC(=O)[C@@H]1CC(c2cccc(Br)c2)=NO1. The zero-order valence-corrected chi connectivity index (χ0v) is 12.6. The highest BCUT2D eigenvalue weighted by Gasteiger charge is 2.29. The van der Waals surface area contributed by atoms with Gasteiger partial charge in [0, 0.05) is 22.5 Å². The minimum atomic E-state index is -0.511. The number of oxime groups is 1. The van der Waals surface area contributed by atoms with Gasteiger partial charge in [-0.15, -0.1) is 0 Å². The van der Waals surface area contributed by atoms with Crippen LogP contribution in [0.15, 0.2) is 33.9 Å². The Morgan fingerprint density at radius 3 is 3.11 bits per heavy atom. The predicted molar refractivity (Wildman–Crippen MR) is 78.1 cm³/mol. The van der Waals surface area contributed by atoms with E-state index in [0.717, 1.165) is 22.2 Å². The van der Waals surface area contributed by atoms with Crippen molar-refractivity contribution in [2.45, 2.75) is 38.8 Å². The van der Waals surface area contributed by atoms with Crippen molar-refractivity contribution < 1.29 is 9.63 Å². The maximum Gasteiger partial charge on any atom is 0.264 e. The summed E-state index contributed by atoms with van der Waals surface area (Å²) in [6.45, 7) is 4.01. The van der Waals surface area contributed by atoms with E-state index in [4.69, 9.17) is 4.84 Å². The predicted octanol–water partition coefficient (Wildman–Crippen LogP) is 2.86. The number of amides is 1. The zero-order chi connectivity index (χ0) is 13.8. The first-order chi connectivity index (χ1) is 9.10. The molecule has 1 N–H and O–H groups in total. The lowest BCUT2D eigenvalue weighted by Gasteiger charge is -2.14. The van der Waals surface area contributed by atoms with Gasteiger partial charge in [0.25, 0.3) is 5.91 Å². The van der Waals surface area contributed by atoms with Gasteiger partial charge in [-0.3, -0.25) is 4.79 Å². The summed E-state index contributed by atoms with van der Waals surface area (Å²) in [4.78, 5) is 17.2. The van der Waals surface area contributed by atoms with E-state index >= 15 is 0 Å². The molecule has 0 bridgehead atoms. The summed E-state index contributed by atoms with van der Waals surface area (Å²) in [6.07, 6.45) is 0.902. The third-order valence-corrected chi connectivity index (χ3v) is 3.61. The van der Waals surface area contributed by atoms with Crippen LogP contribution in [-0.2, 0) is 9.63 Å². The molecule has 1 aromatic rings. The molecule has 5 heteroatoms. The summed E-state index contributed by atoms with van der Waals surface area (Å²) in [7, 11) is 0. The average molecular weight is 325 g/mol. The smallest absolute Gasteiger partial charge is 0.264 e. The summed E-state index contributed by atoms with van der Waals surface area (Å²) in [5, 5.41) is 6.93. The van der Waals surface area contributed by atoms with E-state index in [1.807, 2.05) is 38.1 Å². The van der Waals surface area contributed by atoms with Gasteiger partial charge in [0.05, 0.1) is 5.71 Å². The Bertz CT molecular complexity index is 502. The molecule has 1 aliphatic heterocycles. The quantitative estimate of drug-likeness (QED) is 0.925. The highest BCUT2D eigenvalue weighted by molar-refractivity contribution is 9.10. The fraction of sp³-hybridized carbons (Fsp3) is 0.429. The minimum absolute atomic E-state index is 0.0944. The molecule has 1 aromatic carbocycles. The number of nitrogens with zero attached hydrogens (tertiary/aromatic N) is 1. The van der Waals surface area contributed by atoms with Crippen LogP contribution in [0.4, 0.5) is 0 Å². The zero-order valence-electron chi connectivity index (χ0n) is 11.0. The van der Waals surface area contributed by atoms with Gasteiger partial charge in [-0.1, -0.05) is 40.1 Å². The fourth-order valence-electron chi connectivity index (χ4n) is 1.79. The summed E-state index contributed by atoms with van der Waals surface area (Å²) in [6, 6.07) is 7.98. The van der Waals surface area contributed by atoms with E-state index < -0.39 is 6.10 Å².